The van der Waals surface area contributed by atoms with Crippen molar-refractivity contribution in [1.29, 1.82) is 0 Å². The minimum atomic E-state index is 0.0508. The van der Waals surface area contributed by atoms with Crippen LogP contribution in [0.3, 0.4) is 0 Å². The van der Waals surface area contributed by atoms with Gasteiger partial charge in [-0.05, 0) is 35.9 Å². The summed E-state index contributed by atoms with van der Waals surface area (Å²) in [6.07, 6.45) is 7.56. The lowest BCUT2D eigenvalue weighted by Gasteiger charge is -2.29. The number of carbonyl (C=O) groups excluding carboxylic acids is 1. The Bertz CT molecular complexity index is 1370. The minimum absolute atomic E-state index is 0.0508. The molecule has 31 heavy (non-hydrogen) atoms. The van der Waals surface area contributed by atoms with E-state index in [2.05, 4.69) is 32.3 Å². The monoisotopic (exact) mass is 411 g/mol. The quantitative estimate of drug-likeness (QED) is 0.536. The number of nitrogens with zero attached hydrogens (tertiary/aromatic N) is 3. The number of rotatable bonds is 3. The summed E-state index contributed by atoms with van der Waals surface area (Å²) in [6, 6.07) is 10.0. The van der Waals surface area contributed by atoms with E-state index < -0.39 is 0 Å². The van der Waals surface area contributed by atoms with Crippen LogP contribution in [0.2, 0.25) is 0 Å². The van der Waals surface area contributed by atoms with Gasteiger partial charge in [-0.15, -0.1) is 0 Å². The van der Waals surface area contributed by atoms with Gasteiger partial charge >= 0.3 is 0 Å². The molecule has 7 nitrogen and oxygen atoms in total. The van der Waals surface area contributed by atoms with E-state index in [0.29, 0.717) is 17.8 Å². The number of anilines is 1. The van der Waals surface area contributed by atoms with Crippen molar-refractivity contribution in [1.82, 2.24) is 20.3 Å². The smallest absolute Gasteiger partial charge is 0.170 e. The number of fused-ring (bicyclic) bond motifs is 2. The van der Waals surface area contributed by atoms with Crippen LogP contribution in [0.25, 0.3) is 33.3 Å². The second kappa shape index (κ2) is 7.21. The SMILES string of the molecule is O=C1CC=C(c2ccnc3ccoc23)C=C1c1nc2ccc(N3CCNCC3)cc2[nH]1. The third-order valence-corrected chi connectivity index (χ3v) is 5.97. The van der Waals surface area contributed by atoms with E-state index in [1.165, 1.54) is 5.69 Å². The molecule has 0 unspecified atom stereocenters. The maximum atomic E-state index is 12.8. The van der Waals surface area contributed by atoms with E-state index in [4.69, 9.17) is 9.40 Å². The second-order valence-corrected chi connectivity index (χ2v) is 7.86. The van der Waals surface area contributed by atoms with Crippen molar-refractivity contribution in [2.45, 2.75) is 6.42 Å². The topological polar surface area (TPSA) is 87.1 Å². The zero-order chi connectivity index (χ0) is 20.8. The first-order valence-corrected chi connectivity index (χ1v) is 10.5. The summed E-state index contributed by atoms with van der Waals surface area (Å²) in [5.41, 5.74) is 6.96. The third kappa shape index (κ3) is 3.14. The van der Waals surface area contributed by atoms with Gasteiger partial charge in [-0.2, -0.15) is 0 Å². The average molecular weight is 411 g/mol. The van der Waals surface area contributed by atoms with Crippen molar-refractivity contribution in [3.8, 4) is 0 Å². The standard InChI is InChI=1S/C24H21N5O2/c30-22-4-1-15(17-5-7-26-20-6-12-31-23(17)20)13-18(22)24-27-19-3-2-16(14-21(19)28-24)29-10-8-25-9-11-29/h1-3,5-7,12-14,25H,4,8-11H2,(H,27,28). The fraction of sp³-hybridized carbons (Fsp3) is 0.208. The predicted molar refractivity (Wildman–Crippen MR) is 121 cm³/mol. The Labute approximate surface area is 178 Å². The van der Waals surface area contributed by atoms with Gasteiger partial charge in [-0.25, -0.2) is 4.98 Å². The van der Waals surface area contributed by atoms with E-state index >= 15 is 0 Å². The van der Waals surface area contributed by atoms with Crippen LogP contribution in [0, 0.1) is 0 Å². The van der Waals surface area contributed by atoms with Crippen LogP contribution in [-0.2, 0) is 4.79 Å². The molecule has 1 fully saturated rings. The van der Waals surface area contributed by atoms with Gasteiger partial charge in [0.2, 0.25) is 0 Å². The summed E-state index contributed by atoms with van der Waals surface area (Å²) in [5.74, 6) is 0.655. The molecule has 154 valence electrons. The Balaban J connectivity index is 1.39. The lowest BCUT2D eigenvalue weighted by atomic mass is 9.93. The van der Waals surface area contributed by atoms with Crippen LogP contribution in [0.15, 0.2) is 59.4 Å². The second-order valence-electron chi connectivity index (χ2n) is 7.86. The van der Waals surface area contributed by atoms with E-state index in [1.807, 2.05) is 30.4 Å². The number of aromatic amines is 1. The maximum Gasteiger partial charge on any atom is 0.170 e. The lowest BCUT2D eigenvalue weighted by molar-refractivity contribution is -0.113. The Morgan fingerprint density at radius 1 is 1.06 bits per heavy atom. The minimum Gasteiger partial charge on any atom is -0.462 e. The number of piperazine rings is 1. The molecule has 1 saturated heterocycles. The number of aromatic nitrogens is 3. The number of H-pyrrole nitrogens is 1. The molecule has 1 aromatic carbocycles. The Morgan fingerprint density at radius 2 is 1.97 bits per heavy atom. The van der Waals surface area contributed by atoms with Gasteiger partial charge < -0.3 is 19.6 Å². The molecule has 3 aromatic heterocycles. The molecule has 0 radical (unpaired) electrons. The molecule has 2 N–H and O–H groups in total. The first-order valence-electron chi connectivity index (χ1n) is 10.5. The molecule has 4 aromatic rings. The van der Waals surface area contributed by atoms with Gasteiger partial charge in [0.25, 0.3) is 0 Å². The summed E-state index contributed by atoms with van der Waals surface area (Å²) in [7, 11) is 0. The number of allylic oxidation sites excluding steroid dienone is 4. The number of nitrogens with one attached hydrogen (secondary N) is 2. The highest BCUT2D eigenvalue weighted by molar-refractivity contribution is 6.24. The van der Waals surface area contributed by atoms with Crippen LogP contribution in [-0.4, -0.2) is 46.9 Å². The van der Waals surface area contributed by atoms with Crippen LogP contribution in [0.4, 0.5) is 5.69 Å². The van der Waals surface area contributed by atoms with Gasteiger partial charge in [-0.1, -0.05) is 6.08 Å². The van der Waals surface area contributed by atoms with Gasteiger partial charge in [0, 0.05) is 56.1 Å². The van der Waals surface area contributed by atoms with Crippen molar-refractivity contribution in [3.63, 3.8) is 0 Å². The fourth-order valence-electron chi connectivity index (χ4n) is 4.34. The van der Waals surface area contributed by atoms with E-state index in [1.54, 1.807) is 12.5 Å². The first-order chi connectivity index (χ1) is 15.3. The van der Waals surface area contributed by atoms with Crippen LogP contribution in [0.5, 0.6) is 0 Å². The van der Waals surface area contributed by atoms with Gasteiger partial charge in [0.05, 0.1) is 22.9 Å². The van der Waals surface area contributed by atoms with E-state index in [9.17, 15) is 4.79 Å². The average Bonchev–Trinajstić information content (AvgIpc) is 3.46. The first kappa shape index (κ1) is 18.1. The Kier molecular flexibility index (Phi) is 4.21. The molecule has 1 aliphatic heterocycles. The maximum absolute atomic E-state index is 12.8. The van der Waals surface area contributed by atoms with Gasteiger partial charge in [-0.3, -0.25) is 9.78 Å². The summed E-state index contributed by atoms with van der Waals surface area (Å²) in [5, 5.41) is 3.38. The number of benzene rings is 1. The highest BCUT2D eigenvalue weighted by atomic mass is 16.3. The van der Waals surface area contributed by atoms with Crippen molar-refractivity contribution < 1.29 is 9.21 Å². The number of hydrogen-bond donors (Lipinski definition) is 2. The largest absolute Gasteiger partial charge is 0.462 e. The number of carbonyl (C=O) groups is 1. The molecule has 1 aliphatic carbocycles. The molecule has 2 aliphatic rings. The molecule has 0 spiro atoms. The highest BCUT2D eigenvalue weighted by Crippen LogP contribution is 2.32. The predicted octanol–water partition coefficient (Wildman–Crippen LogP) is 3.55. The molecule has 7 heteroatoms. The van der Waals surface area contributed by atoms with Crippen LogP contribution in [0.1, 0.15) is 17.8 Å². The highest BCUT2D eigenvalue weighted by Gasteiger charge is 2.22. The number of furan rings is 1. The third-order valence-electron chi connectivity index (χ3n) is 5.97. The molecule has 0 saturated carbocycles. The molecule has 4 heterocycles. The molecular formula is C24H21N5O2. The number of pyridine rings is 1. The summed E-state index contributed by atoms with van der Waals surface area (Å²) in [6.45, 7) is 3.94. The Morgan fingerprint density at radius 3 is 2.87 bits per heavy atom. The molecule has 6 rings (SSSR count). The zero-order valence-electron chi connectivity index (χ0n) is 16.9. The summed E-state index contributed by atoms with van der Waals surface area (Å²) < 4.78 is 5.64. The van der Waals surface area contributed by atoms with Crippen LogP contribution < -0.4 is 10.2 Å². The summed E-state index contributed by atoms with van der Waals surface area (Å²) in [4.78, 5) is 27.5. The Hall–Kier alpha value is -3.71. The number of imidazole rings is 1. The molecule has 0 atom stereocenters. The van der Waals surface area contributed by atoms with Crippen LogP contribution >= 0.6 is 0 Å². The molecular weight excluding hydrogens is 390 g/mol. The zero-order valence-corrected chi connectivity index (χ0v) is 16.9. The van der Waals surface area contributed by atoms with Gasteiger partial charge in [0.1, 0.15) is 11.3 Å². The molecule has 0 amide bonds. The summed E-state index contributed by atoms with van der Waals surface area (Å²) >= 11 is 0. The van der Waals surface area contributed by atoms with E-state index in [-0.39, 0.29) is 5.78 Å². The number of Topliss-reactive ketones (excluding diaryl/α,β-unsaturated/α-hetero) is 1. The van der Waals surface area contributed by atoms with Crippen molar-refractivity contribution in [2.75, 3.05) is 31.1 Å². The van der Waals surface area contributed by atoms with Crippen molar-refractivity contribution >= 4 is 44.7 Å². The van der Waals surface area contributed by atoms with Crippen molar-refractivity contribution in [2.24, 2.45) is 0 Å². The lowest BCUT2D eigenvalue weighted by Crippen LogP contribution is -2.43. The normalized spacial score (nSPS) is 17.3. The van der Waals surface area contributed by atoms with Gasteiger partial charge in [0.15, 0.2) is 11.4 Å². The molecule has 0 bridgehead atoms. The van der Waals surface area contributed by atoms with Crippen molar-refractivity contribution in [3.05, 3.63) is 66.3 Å². The van der Waals surface area contributed by atoms with E-state index in [0.717, 1.165) is 59.4 Å². The fourth-order valence-corrected chi connectivity index (χ4v) is 4.34. The number of ketones is 1. The number of hydrogen-bond acceptors (Lipinski definition) is 6.